The van der Waals surface area contributed by atoms with Crippen LogP contribution in [0.15, 0.2) is 53.8 Å². The van der Waals surface area contributed by atoms with Gasteiger partial charge in [0.05, 0.1) is 16.9 Å². The lowest BCUT2D eigenvalue weighted by Crippen LogP contribution is -2.30. The molecule has 1 aliphatic heterocycles. The topological polar surface area (TPSA) is 58.1 Å². The number of benzene rings is 2. The lowest BCUT2D eigenvalue weighted by atomic mass is 9.99. The lowest BCUT2D eigenvalue weighted by molar-refractivity contribution is 0.0735. The molecule has 5 nitrogen and oxygen atoms in total. The van der Waals surface area contributed by atoms with Crippen molar-refractivity contribution in [3.8, 4) is 0 Å². The molecule has 1 N–H and O–H groups in total. The van der Waals surface area contributed by atoms with Gasteiger partial charge in [0.15, 0.2) is 4.77 Å². The molecule has 1 unspecified atom stereocenters. The van der Waals surface area contributed by atoms with Crippen LogP contribution in [0.5, 0.6) is 0 Å². The van der Waals surface area contributed by atoms with Gasteiger partial charge >= 0.3 is 0 Å². The van der Waals surface area contributed by atoms with Crippen LogP contribution < -0.4 is 5.56 Å². The third-order valence-electron chi connectivity index (χ3n) is 5.68. The average Bonchev–Trinajstić information content (AvgIpc) is 3.19. The maximum absolute atomic E-state index is 13.4. The number of hydrogen-bond acceptors (Lipinski definition) is 3. The fourth-order valence-corrected chi connectivity index (χ4v) is 4.67. The molecule has 2 aromatic carbocycles. The molecule has 30 heavy (non-hydrogen) atoms. The Bertz CT molecular complexity index is 1250. The zero-order valence-corrected chi connectivity index (χ0v) is 18.1. The SMILES string of the molecule is C=CCn1c(=S)[nH]c2cc(C(=O)N3CCCC3c3cc(C)cc(C)c3)ccc2c1=O. The molecule has 0 radical (unpaired) electrons. The Labute approximate surface area is 180 Å². The summed E-state index contributed by atoms with van der Waals surface area (Å²) in [6.45, 7) is 8.91. The first-order valence-electron chi connectivity index (χ1n) is 10.2. The number of fused-ring (bicyclic) bond motifs is 1. The number of nitrogens with one attached hydrogen (secondary N) is 1. The van der Waals surface area contributed by atoms with Gasteiger partial charge in [0.25, 0.3) is 11.5 Å². The zero-order valence-electron chi connectivity index (χ0n) is 17.3. The van der Waals surface area contributed by atoms with E-state index in [-0.39, 0.29) is 17.5 Å². The number of carbonyl (C=O) groups excluding carboxylic acids is 1. The summed E-state index contributed by atoms with van der Waals surface area (Å²) >= 11 is 5.32. The van der Waals surface area contributed by atoms with Crippen LogP contribution in [0.2, 0.25) is 0 Å². The van der Waals surface area contributed by atoms with E-state index >= 15 is 0 Å². The van der Waals surface area contributed by atoms with Gasteiger partial charge < -0.3 is 9.88 Å². The van der Waals surface area contributed by atoms with E-state index in [4.69, 9.17) is 12.2 Å². The molecule has 1 saturated heterocycles. The fraction of sp³-hybridized carbons (Fsp3) is 0.292. The highest BCUT2D eigenvalue weighted by Crippen LogP contribution is 2.34. The normalized spacial score (nSPS) is 16.2. The molecule has 0 spiro atoms. The minimum atomic E-state index is -0.179. The number of aromatic amines is 1. The van der Waals surface area contributed by atoms with Gasteiger partial charge in [0, 0.05) is 18.7 Å². The molecular weight excluding hydrogens is 394 g/mol. The third-order valence-corrected chi connectivity index (χ3v) is 6.01. The summed E-state index contributed by atoms with van der Waals surface area (Å²) in [4.78, 5) is 31.1. The Morgan fingerprint density at radius 2 is 1.97 bits per heavy atom. The standard InChI is InChI=1S/C24H25N3O2S/c1-4-9-27-23(29)19-8-7-17(14-20(19)25-24(27)30)22(28)26-10-5-6-21(26)18-12-15(2)11-16(3)13-18/h4,7-8,11-14,21H,1,5-6,9-10H2,2-3H3,(H,25,30). The molecule has 0 bridgehead atoms. The van der Waals surface area contributed by atoms with Crippen LogP contribution in [-0.4, -0.2) is 26.9 Å². The Morgan fingerprint density at radius 1 is 1.23 bits per heavy atom. The van der Waals surface area contributed by atoms with Crippen LogP contribution in [0.4, 0.5) is 0 Å². The van der Waals surface area contributed by atoms with E-state index in [1.807, 2.05) is 4.90 Å². The van der Waals surface area contributed by atoms with Crippen LogP contribution in [0.25, 0.3) is 10.9 Å². The Morgan fingerprint density at radius 3 is 2.67 bits per heavy atom. The van der Waals surface area contributed by atoms with E-state index in [1.165, 1.54) is 21.3 Å². The van der Waals surface area contributed by atoms with Crippen molar-refractivity contribution in [1.29, 1.82) is 0 Å². The zero-order chi connectivity index (χ0) is 21.4. The van der Waals surface area contributed by atoms with Crippen LogP contribution in [0, 0.1) is 18.6 Å². The molecule has 2 heterocycles. The number of allylic oxidation sites excluding steroid dienone is 1. The minimum absolute atomic E-state index is 0.0202. The van der Waals surface area contributed by atoms with Gasteiger partial charge in [-0.3, -0.25) is 14.2 Å². The Hall–Kier alpha value is -2.99. The smallest absolute Gasteiger partial charge is 0.262 e. The average molecular weight is 420 g/mol. The number of aromatic nitrogens is 2. The predicted molar refractivity (Wildman–Crippen MR) is 123 cm³/mol. The summed E-state index contributed by atoms with van der Waals surface area (Å²) in [7, 11) is 0. The molecule has 1 amide bonds. The minimum Gasteiger partial charge on any atom is -0.332 e. The van der Waals surface area contributed by atoms with Crippen molar-refractivity contribution in [2.75, 3.05) is 6.54 Å². The summed E-state index contributed by atoms with van der Waals surface area (Å²) in [5.74, 6) is -0.0202. The van der Waals surface area contributed by atoms with Crippen LogP contribution >= 0.6 is 12.2 Å². The first-order chi connectivity index (χ1) is 14.4. The summed E-state index contributed by atoms with van der Waals surface area (Å²) in [6, 6.07) is 11.7. The first-order valence-corrected chi connectivity index (χ1v) is 10.6. The molecule has 1 aromatic heterocycles. The molecule has 1 atom stereocenters. The molecule has 0 saturated carbocycles. The third kappa shape index (κ3) is 3.63. The molecular formula is C24H25N3O2S. The highest BCUT2D eigenvalue weighted by atomic mass is 32.1. The second kappa shape index (κ2) is 8.03. The van der Waals surface area contributed by atoms with E-state index in [0.29, 0.717) is 27.8 Å². The quantitative estimate of drug-likeness (QED) is 0.486. The largest absolute Gasteiger partial charge is 0.332 e. The molecule has 154 valence electrons. The van der Waals surface area contributed by atoms with Crippen molar-refractivity contribution >= 4 is 29.0 Å². The number of rotatable bonds is 4. The van der Waals surface area contributed by atoms with Gasteiger partial charge in [-0.1, -0.05) is 35.4 Å². The van der Waals surface area contributed by atoms with Gasteiger partial charge in [-0.25, -0.2) is 0 Å². The predicted octanol–water partition coefficient (Wildman–Crippen LogP) is 4.84. The van der Waals surface area contributed by atoms with Crippen LogP contribution in [0.1, 0.15) is 45.9 Å². The van der Waals surface area contributed by atoms with Gasteiger partial charge in [0.1, 0.15) is 0 Å². The van der Waals surface area contributed by atoms with Crippen molar-refractivity contribution in [3.63, 3.8) is 0 Å². The number of hydrogen-bond donors (Lipinski definition) is 1. The highest BCUT2D eigenvalue weighted by Gasteiger charge is 2.31. The van der Waals surface area contributed by atoms with Crippen molar-refractivity contribution in [2.24, 2.45) is 0 Å². The van der Waals surface area contributed by atoms with Gasteiger partial charge in [-0.15, -0.1) is 6.58 Å². The van der Waals surface area contributed by atoms with Crippen LogP contribution in [-0.2, 0) is 6.54 Å². The number of likely N-dealkylation sites (tertiary alicyclic amines) is 1. The van der Waals surface area contributed by atoms with E-state index in [1.54, 1.807) is 24.3 Å². The van der Waals surface area contributed by atoms with Crippen LogP contribution in [0.3, 0.4) is 0 Å². The van der Waals surface area contributed by atoms with Crippen molar-refractivity contribution in [1.82, 2.24) is 14.5 Å². The monoisotopic (exact) mass is 419 g/mol. The molecule has 6 heteroatoms. The first kappa shape index (κ1) is 20.3. The van der Waals surface area contributed by atoms with Gasteiger partial charge in [-0.2, -0.15) is 0 Å². The second-order valence-corrected chi connectivity index (χ2v) is 8.36. The number of aryl methyl sites for hydroxylation is 2. The second-order valence-electron chi connectivity index (χ2n) is 7.97. The number of H-pyrrole nitrogens is 1. The summed E-state index contributed by atoms with van der Waals surface area (Å²) in [6.07, 6.45) is 3.57. The Balaban J connectivity index is 1.72. The summed E-state index contributed by atoms with van der Waals surface area (Å²) in [5.41, 5.74) is 4.56. The molecule has 4 rings (SSSR count). The van der Waals surface area contributed by atoms with E-state index < -0.39 is 0 Å². The summed E-state index contributed by atoms with van der Waals surface area (Å²) < 4.78 is 1.79. The number of carbonyl (C=O) groups is 1. The van der Waals surface area contributed by atoms with E-state index in [2.05, 4.69) is 43.6 Å². The van der Waals surface area contributed by atoms with Crippen molar-refractivity contribution < 1.29 is 4.79 Å². The molecule has 3 aromatic rings. The maximum Gasteiger partial charge on any atom is 0.262 e. The maximum atomic E-state index is 13.4. The van der Waals surface area contributed by atoms with Crippen molar-refractivity contribution in [3.05, 3.63) is 86.4 Å². The van der Waals surface area contributed by atoms with E-state index in [9.17, 15) is 9.59 Å². The number of nitrogens with zero attached hydrogens (tertiary/aromatic N) is 2. The van der Waals surface area contributed by atoms with Crippen molar-refractivity contribution in [2.45, 2.75) is 39.3 Å². The van der Waals surface area contributed by atoms with Gasteiger partial charge in [0.2, 0.25) is 0 Å². The fourth-order valence-electron chi connectivity index (χ4n) is 4.41. The summed E-state index contributed by atoms with van der Waals surface area (Å²) in [5, 5.41) is 0.509. The molecule has 0 aliphatic carbocycles. The molecule has 1 fully saturated rings. The number of amides is 1. The highest BCUT2D eigenvalue weighted by molar-refractivity contribution is 7.71. The van der Waals surface area contributed by atoms with Gasteiger partial charge in [-0.05, 0) is 62.7 Å². The van der Waals surface area contributed by atoms with E-state index in [0.717, 1.165) is 19.4 Å². The lowest BCUT2D eigenvalue weighted by Gasteiger charge is -2.26. The Kier molecular flexibility index (Phi) is 5.43. The molecule has 1 aliphatic rings.